The molecule has 2 aromatic rings. The minimum absolute atomic E-state index is 0.0262. The monoisotopic (exact) mass is 750 g/mol. The van der Waals surface area contributed by atoms with Gasteiger partial charge in [0.25, 0.3) is 0 Å². The minimum atomic E-state index is -1.44. The Morgan fingerprint density at radius 2 is 1.57 bits per heavy atom. The zero-order chi connectivity index (χ0) is 38.3. The fraction of sp³-hybridized carbons (Fsp3) is 0.538. The van der Waals surface area contributed by atoms with Crippen molar-refractivity contribution in [1.82, 2.24) is 31.5 Å². The van der Waals surface area contributed by atoms with Gasteiger partial charge in [0.2, 0.25) is 35.4 Å². The predicted molar refractivity (Wildman–Crippen MR) is 198 cm³/mol. The first-order chi connectivity index (χ1) is 25.3. The molecule has 6 N–H and O–H groups in total. The molecule has 6 amide bonds. The molecule has 0 unspecified atom stereocenters. The third-order valence-corrected chi connectivity index (χ3v) is 10.8. The van der Waals surface area contributed by atoms with Gasteiger partial charge in [0.05, 0.1) is 24.5 Å². The summed E-state index contributed by atoms with van der Waals surface area (Å²) in [6, 6.07) is 10.0. The molecule has 1 saturated carbocycles. The fourth-order valence-electron chi connectivity index (χ4n) is 7.74. The zero-order valence-corrected chi connectivity index (χ0v) is 31.3. The van der Waals surface area contributed by atoms with Gasteiger partial charge in [0.15, 0.2) is 0 Å². The Hall–Kier alpha value is -4.49. The van der Waals surface area contributed by atoms with E-state index in [1.807, 2.05) is 26.0 Å². The number of aliphatic hydroxyl groups excluding tert-OH is 1. The van der Waals surface area contributed by atoms with Crippen LogP contribution in [0.3, 0.4) is 0 Å². The van der Waals surface area contributed by atoms with Crippen molar-refractivity contribution >= 4 is 47.0 Å². The van der Waals surface area contributed by atoms with Crippen LogP contribution >= 0.6 is 11.6 Å². The van der Waals surface area contributed by atoms with E-state index in [9.17, 15) is 33.9 Å². The van der Waals surface area contributed by atoms with Gasteiger partial charge in [-0.1, -0.05) is 87.2 Å². The van der Waals surface area contributed by atoms with E-state index in [1.54, 1.807) is 42.5 Å². The second-order valence-electron chi connectivity index (χ2n) is 15.0. The van der Waals surface area contributed by atoms with Gasteiger partial charge < -0.3 is 36.6 Å². The number of nitrogens with zero attached hydrogens (tertiary/aromatic N) is 1. The predicted octanol–water partition coefficient (Wildman–Crippen LogP) is 2.40. The molecule has 1 aliphatic carbocycles. The van der Waals surface area contributed by atoms with Crippen LogP contribution in [0.5, 0.6) is 0 Å². The smallest absolute Gasteiger partial charge is 0.248 e. The van der Waals surface area contributed by atoms with Gasteiger partial charge in [-0.3, -0.25) is 28.8 Å². The second kappa shape index (κ2) is 17.6. The van der Waals surface area contributed by atoms with Crippen molar-refractivity contribution < 1.29 is 33.9 Å². The van der Waals surface area contributed by atoms with Crippen molar-refractivity contribution in [1.29, 1.82) is 0 Å². The molecule has 0 radical (unpaired) electrons. The first-order valence-corrected chi connectivity index (χ1v) is 18.9. The molecular formula is C39H51ClN6O7. The molecule has 0 bridgehead atoms. The molecule has 2 aliphatic heterocycles. The summed E-state index contributed by atoms with van der Waals surface area (Å²) in [6.07, 6.45) is 4.06. The average Bonchev–Trinajstić information content (AvgIpc) is 3.57. The molecule has 6 atom stereocenters. The Bertz CT molecular complexity index is 1650. The maximum Gasteiger partial charge on any atom is 0.248 e. The lowest BCUT2D eigenvalue weighted by Crippen LogP contribution is -2.59. The molecule has 5 rings (SSSR count). The highest BCUT2D eigenvalue weighted by Gasteiger charge is 2.47. The number of benzene rings is 2. The number of halogens is 1. The van der Waals surface area contributed by atoms with Crippen molar-refractivity contribution in [3.63, 3.8) is 0 Å². The quantitative estimate of drug-likeness (QED) is 0.251. The topological polar surface area (TPSA) is 186 Å². The lowest BCUT2D eigenvalue weighted by atomic mass is 9.68. The summed E-state index contributed by atoms with van der Waals surface area (Å²) in [7, 11) is 0. The largest absolute Gasteiger partial charge is 0.394 e. The minimum Gasteiger partial charge on any atom is -0.394 e. The Labute approximate surface area is 315 Å². The Balaban J connectivity index is 1.45. The van der Waals surface area contributed by atoms with Crippen molar-refractivity contribution in [2.24, 2.45) is 5.92 Å². The van der Waals surface area contributed by atoms with E-state index < -0.39 is 77.8 Å². The number of aliphatic hydroxyl groups is 1. The van der Waals surface area contributed by atoms with Crippen LogP contribution in [0, 0.1) is 5.92 Å². The number of hydrogen-bond acceptors (Lipinski definition) is 7. The molecule has 13 nitrogen and oxygen atoms in total. The molecule has 0 spiro atoms. The van der Waals surface area contributed by atoms with Crippen LogP contribution in [0.4, 0.5) is 0 Å². The van der Waals surface area contributed by atoms with Crippen LogP contribution in [-0.2, 0) is 34.2 Å². The maximum absolute atomic E-state index is 14.2. The van der Waals surface area contributed by atoms with E-state index in [0.717, 1.165) is 24.8 Å². The fourth-order valence-corrected chi connectivity index (χ4v) is 7.86. The number of rotatable bonds is 7. The highest BCUT2D eigenvalue weighted by molar-refractivity contribution is 6.30. The van der Waals surface area contributed by atoms with Crippen molar-refractivity contribution in [3.8, 4) is 0 Å². The highest BCUT2D eigenvalue weighted by Crippen LogP contribution is 2.40. The Morgan fingerprint density at radius 3 is 2.21 bits per heavy atom. The van der Waals surface area contributed by atoms with Gasteiger partial charge in [-0.05, 0) is 61.8 Å². The van der Waals surface area contributed by atoms with Crippen molar-refractivity contribution in [3.05, 3.63) is 70.7 Å². The van der Waals surface area contributed by atoms with Crippen molar-refractivity contribution in [2.45, 2.75) is 114 Å². The molecule has 53 heavy (non-hydrogen) atoms. The van der Waals surface area contributed by atoms with E-state index in [0.29, 0.717) is 23.4 Å². The van der Waals surface area contributed by atoms with E-state index >= 15 is 0 Å². The van der Waals surface area contributed by atoms with Gasteiger partial charge in [-0.15, -0.1) is 0 Å². The van der Waals surface area contributed by atoms with Crippen molar-refractivity contribution in [2.75, 3.05) is 13.2 Å². The summed E-state index contributed by atoms with van der Waals surface area (Å²) in [5.74, 6) is -3.34. The van der Waals surface area contributed by atoms with Crippen LogP contribution in [0.1, 0.15) is 89.3 Å². The molecular weight excluding hydrogens is 700 g/mol. The highest BCUT2D eigenvalue weighted by atomic mass is 35.5. The van der Waals surface area contributed by atoms with Crippen LogP contribution in [0.2, 0.25) is 5.02 Å². The van der Waals surface area contributed by atoms with Crippen LogP contribution < -0.4 is 26.6 Å². The molecule has 2 saturated heterocycles. The maximum atomic E-state index is 14.2. The average molecular weight is 751 g/mol. The Kier molecular flexibility index (Phi) is 13.2. The summed E-state index contributed by atoms with van der Waals surface area (Å²) >= 11 is 6.18. The zero-order valence-electron chi connectivity index (χ0n) is 30.5. The summed E-state index contributed by atoms with van der Waals surface area (Å²) < 4.78 is 0. The lowest BCUT2D eigenvalue weighted by molar-refractivity contribution is -0.143. The molecule has 2 heterocycles. The molecule has 2 aromatic carbocycles. The van der Waals surface area contributed by atoms with Gasteiger partial charge >= 0.3 is 0 Å². The number of carbonyl (C=O) groups excluding carboxylic acids is 6. The Morgan fingerprint density at radius 1 is 0.887 bits per heavy atom. The SMILES string of the molecule is CC(C)C[C@@H]1NC(=O)C[C@@H](c2ccccc2)NC(=O)[C@H](C)NC(=O)[C@@H]2C[C@H](NC(=O)C3(c4ccc(Cl)cc4)CCCCC3)CN2C(=O)[C@H](CO)NC1=O. The van der Waals surface area contributed by atoms with E-state index in [-0.39, 0.29) is 37.6 Å². The third-order valence-electron chi connectivity index (χ3n) is 10.6. The lowest BCUT2D eigenvalue weighted by Gasteiger charge is -2.37. The summed E-state index contributed by atoms with van der Waals surface area (Å²) in [5.41, 5.74) is 0.682. The number of nitrogens with one attached hydrogen (secondary N) is 5. The normalized spacial score (nSPS) is 27.3. The van der Waals surface area contributed by atoms with Crippen LogP contribution in [-0.4, -0.2) is 88.8 Å². The second-order valence-corrected chi connectivity index (χ2v) is 15.4. The van der Waals surface area contributed by atoms with Crippen LogP contribution in [0.25, 0.3) is 0 Å². The molecule has 0 aromatic heterocycles. The first kappa shape index (κ1) is 39.7. The van der Waals surface area contributed by atoms with Crippen LogP contribution in [0.15, 0.2) is 54.6 Å². The van der Waals surface area contributed by atoms with E-state index in [4.69, 9.17) is 11.6 Å². The van der Waals surface area contributed by atoms with Gasteiger partial charge in [-0.2, -0.15) is 0 Å². The first-order valence-electron chi connectivity index (χ1n) is 18.5. The standard InChI is InChI=1S/C39H51ClN6O7/c1-23(2)18-30-35(50)45-31(22-47)37(52)46-21-28(42-38(53)39(16-8-5-9-17-39)26-12-14-27(40)15-13-26)19-32(46)36(51)41-24(3)34(49)44-29(20-33(48)43-30)25-10-6-4-7-11-25/h4,6-7,10-15,23-24,28-32,47H,5,8-9,16-22H2,1-3H3,(H,41,51)(H,42,53)(H,43,48)(H,44,49)(H,45,50)/t24-,28-,29-,30-,31-,32-/m0/s1. The molecule has 286 valence electrons. The molecule has 3 aliphatic rings. The van der Waals surface area contributed by atoms with Gasteiger partial charge in [0.1, 0.15) is 24.2 Å². The number of carbonyl (C=O) groups is 6. The molecule has 14 heteroatoms. The summed E-state index contributed by atoms with van der Waals surface area (Å²) in [4.78, 5) is 84.1. The van der Waals surface area contributed by atoms with Gasteiger partial charge in [0, 0.05) is 17.6 Å². The number of amides is 6. The summed E-state index contributed by atoms with van der Waals surface area (Å²) in [5, 5.41) is 25.0. The van der Waals surface area contributed by atoms with E-state index in [2.05, 4.69) is 26.6 Å². The summed E-state index contributed by atoms with van der Waals surface area (Å²) in [6.45, 7) is 4.42. The molecule has 3 fully saturated rings. The number of fused-ring (bicyclic) bond motifs is 1. The number of hydrogen-bond donors (Lipinski definition) is 6. The van der Waals surface area contributed by atoms with E-state index in [1.165, 1.54) is 11.8 Å². The van der Waals surface area contributed by atoms with Gasteiger partial charge in [-0.25, -0.2) is 0 Å². The third kappa shape index (κ3) is 9.55.